The molecule has 1 aliphatic heterocycles. The van der Waals surface area contributed by atoms with Crippen molar-refractivity contribution in [3.8, 4) is 11.3 Å². The molecule has 6 nitrogen and oxygen atoms in total. The number of ether oxygens (including phenoxy) is 1. The van der Waals surface area contributed by atoms with E-state index in [1.54, 1.807) is 0 Å². The number of aromatic nitrogens is 1. The number of amides is 2. The van der Waals surface area contributed by atoms with Crippen LogP contribution in [0.15, 0.2) is 40.9 Å². The zero-order valence-electron chi connectivity index (χ0n) is 13.9. The van der Waals surface area contributed by atoms with Crippen molar-refractivity contribution in [2.75, 3.05) is 26.3 Å². The summed E-state index contributed by atoms with van der Waals surface area (Å²) in [6, 6.07) is 11.6. The average Bonchev–Trinajstić information content (AvgIpc) is 3.30. The van der Waals surface area contributed by atoms with E-state index in [2.05, 4.69) is 10.5 Å². The summed E-state index contributed by atoms with van der Waals surface area (Å²) in [5.41, 5.74) is 1.77. The van der Waals surface area contributed by atoms with Crippen LogP contribution in [0.1, 0.15) is 19.1 Å². The van der Waals surface area contributed by atoms with Gasteiger partial charge in [0.1, 0.15) is 5.69 Å². The van der Waals surface area contributed by atoms with E-state index in [1.807, 2.05) is 48.2 Å². The van der Waals surface area contributed by atoms with Crippen molar-refractivity contribution in [1.29, 1.82) is 0 Å². The molecule has 2 aromatic rings. The lowest BCUT2D eigenvalue weighted by atomic mass is 10.1. The molecule has 1 atom stereocenters. The summed E-state index contributed by atoms with van der Waals surface area (Å²) < 4.78 is 10.7. The predicted molar refractivity (Wildman–Crippen MR) is 90.3 cm³/mol. The highest BCUT2D eigenvalue weighted by Gasteiger charge is 2.21. The van der Waals surface area contributed by atoms with E-state index in [4.69, 9.17) is 9.26 Å². The van der Waals surface area contributed by atoms with E-state index in [0.717, 1.165) is 37.4 Å². The average molecular weight is 329 g/mol. The number of hydrogen-bond acceptors (Lipinski definition) is 4. The van der Waals surface area contributed by atoms with Crippen molar-refractivity contribution < 1.29 is 14.1 Å². The minimum absolute atomic E-state index is 0.0814. The number of nitrogens with zero attached hydrogens (tertiary/aromatic N) is 2. The number of carbonyl (C=O) groups excluding carboxylic acids is 1. The van der Waals surface area contributed by atoms with Gasteiger partial charge in [-0.25, -0.2) is 4.79 Å². The topological polar surface area (TPSA) is 67.6 Å². The van der Waals surface area contributed by atoms with Crippen molar-refractivity contribution in [2.45, 2.75) is 19.9 Å². The highest BCUT2D eigenvalue weighted by Crippen LogP contribution is 2.18. The van der Waals surface area contributed by atoms with Gasteiger partial charge in [0, 0.05) is 37.2 Å². The molecule has 2 heterocycles. The highest BCUT2D eigenvalue weighted by atomic mass is 16.5. The Bertz CT molecular complexity index is 651. The lowest BCUT2D eigenvalue weighted by molar-refractivity contribution is 0.165. The van der Waals surface area contributed by atoms with Gasteiger partial charge >= 0.3 is 6.03 Å². The molecule has 6 heteroatoms. The zero-order valence-corrected chi connectivity index (χ0v) is 13.9. The third-order valence-electron chi connectivity index (χ3n) is 4.21. The monoisotopic (exact) mass is 329 g/mol. The molecule has 24 heavy (non-hydrogen) atoms. The molecule has 0 radical (unpaired) electrons. The largest absolute Gasteiger partial charge is 0.381 e. The van der Waals surface area contributed by atoms with Crippen LogP contribution < -0.4 is 5.32 Å². The van der Waals surface area contributed by atoms with Crippen LogP contribution in [0.4, 0.5) is 4.79 Å². The lowest BCUT2D eigenvalue weighted by Crippen LogP contribution is -2.42. The maximum absolute atomic E-state index is 12.3. The van der Waals surface area contributed by atoms with E-state index in [0.29, 0.717) is 24.8 Å². The van der Waals surface area contributed by atoms with E-state index in [-0.39, 0.29) is 6.03 Å². The number of urea groups is 1. The molecule has 1 aromatic heterocycles. The van der Waals surface area contributed by atoms with Crippen molar-refractivity contribution in [1.82, 2.24) is 15.4 Å². The van der Waals surface area contributed by atoms with Gasteiger partial charge in [0.2, 0.25) is 0 Å². The maximum atomic E-state index is 12.3. The molecule has 1 N–H and O–H groups in total. The van der Waals surface area contributed by atoms with Gasteiger partial charge in [0.15, 0.2) is 5.76 Å². The zero-order chi connectivity index (χ0) is 16.8. The Morgan fingerprint density at radius 3 is 2.92 bits per heavy atom. The van der Waals surface area contributed by atoms with Gasteiger partial charge in [-0.2, -0.15) is 0 Å². The Morgan fingerprint density at radius 1 is 1.38 bits per heavy atom. The van der Waals surface area contributed by atoms with Crippen LogP contribution in [0, 0.1) is 5.92 Å². The SMILES string of the molecule is CCN(C[C@@H]1CCOC1)C(=O)NCc1cc(-c2ccccc2)no1. The summed E-state index contributed by atoms with van der Waals surface area (Å²) in [6.07, 6.45) is 1.02. The van der Waals surface area contributed by atoms with Crippen molar-refractivity contribution in [3.05, 3.63) is 42.2 Å². The van der Waals surface area contributed by atoms with Crippen LogP contribution in [-0.4, -0.2) is 42.4 Å². The maximum Gasteiger partial charge on any atom is 0.317 e. The van der Waals surface area contributed by atoms with Crippen LogP contribution >= 0.6 is 0 Å². The first kappa shape index (κ1) is 16.5. The summed E-state index contributed by atoms with van der Waals surface area (Å²) in [5, 5.41) is 6.96. The number of rotatable bonds is 6. The second-order valence-electron chi connectivity index (χ2n) is 5.97. The first-order chi connectivity index (χ1) is 11.8. The number of benzene rings is 1. The molecular weight excluding hydrogens is 306 g/mol. The molecule has 128 valence electrons. The second kappa shape index (κ2) is 7.97. The summed E-state index contributed by atoms with van der Waals surface area (Å²) in [4.78, 5) is 14.1. The molecule has 0 spiro atoms. The molecule has 1 fully saturated rings. The standard InChI is InChI=1S/C18H23N3O3/c1-2-21(12-14-8-9-23-13-14)18(22)19-11-16-10-17(20-24-16)15-6-4-3-5-7-15/h3-7,10,14H,2,8-9,11-13H2,1H3,(H,19,22)/t14-/m0/s1. The van der Waals surface area contributed by atoms with E-state index in [1.165, 1.54) is 0 Å². The molecule has 2 amide bonds. The summed E-state index contributed by atoms with van der Waals surface area (Å²) in [6.45, 7) is 5.26. The summed E-state index contributed by atoms with van der Waals surface area (Å²) >= 11 is 0. The van der Waals surface area contributed by atoms with Crippen LogP contribution in [0.5, 0.6) is 0 Å². The molecular formula is C18H23N3O3. The molecule has 0 bridgehead atoms. The Balaban J connectivity index is 1.53. The Hall–Kier alpha value is -2.34. The van der Waals surface area contributed by atoms with Gasteiger partial charge in [-0.05, 0) is 13.3 Å². The molecule has 1 saturated heterocycles. The Labute approximate surface area is 141 Å². The van der Waals surface area contributed by atoms with Crippen molar-refractivity contribution in [2.24, 2.45) is 5.92 Å². The third-order valence-corrected chi connectivity index (χ3v) is 4.21. The quantitative estimate of drug-likeness (QED) is 0.885. The van der Waals surface area contributed by atoms with Gasteiger partial charge in [-0.3, -0.25) is 0 Å². The first-order valence-corrected chi connectivity index (χ1v) is 8.37. The number of carbonyl (C=O) groups is 1. The Kier molecular flexibility index (Phi) is 5.48. The van der Waals surface area contributed by atoms with Gasteiger partial charge < -0.3 is 19.5 Å². The Morgan fingerprint density at radius 2 is 2.21 bits per heavy atom. The predicted octanol–water partition coefficient (Wildman–Crippen LogP) is 2.91. The summed E-state index contributed by atoms with van der Waals surface area (Å²) in [7, 11) is 0. The number of hydrogen-bond donors (Lipinski definition) is 1. The fourth-order valence-corrected chi connectivity index (χ4v) is 2.81. The lowest BCUT2D eigenvalue weighted by Gasteiger charge is -2.23. The molecule has 3 rings (SSSR count). The minimum Gasteiger partial charge on any atom is -0.381 e. The van der Waals surface area contributed by atoms with Crippen LogP contribution in [0.2, 0.25) is 0 Å². The molecule has 0 aliphatic carbocycles. The van der Waals surface area contributed by atoms with Gasteiger partial charge in [-0.15, -0.1) is 0 Å². The van der Waals surface area contributed by atoms with E-state index in [9.17, 15) is 4.79 Å². The second-order valence-corrected chi connectivity index (χ2v) is 5.97. The van der Waals surface area contributed by atoms with E-state index >= 15 is 0 Å². The normalized spacial score (nSPS) is 17.0. The molecule has 0 unspecified atom stereocenters. The van der Waals surface area contributed by atoms with Crippen LogP contribution in [-0.2, 0) is 11.3 Å². The smallest absolute Gasteiger partial charge is 0.317 e. The number of nitrogens with one attached hydrogen (secondary N) is 1. The fourth-order valence-electron chi connectivity index (χ4n) is 2.81. The third kappa shape index (κ3) is 4.14. The molecule has 1 aliphatic rings. The first-order valence-electron chi connectivity index (χ1n) is 8.37. The van der Waals surface area contributed by atoms with Gasteiger partial charge in [0.05, 0.1) is 13.2 Å². The highest BCUT2D eigenvalue weighted by molar-refractivity contribution is 5.74. The summed E-state index contributed by atoms with van der Waals surface area (Å²) in [5.74, 6) is 1.08. The molecule has 0 saturated carbocycles. The van der Waals surface area contributed by atoms with Crippen molar-refractivity contribution in [3.63, 3.8) is 0 Å². The van der Waals surface area contributed by atoms with Gasteiger partial charge in [0.25, 0.3) is 0 Å². The van der Waals surface area contributed by atoms with Crippen molar-refractivity contribution >= 4 is 6.03 Å². The van der Waals surface area contributed by atoms with Crippen LogP contribution in [0.25, 0.3) is 11.3 Å². The molecule has 1 aromatic carbocycles. The minimum atomic E-state index is -0.0814. The fraction of sp³-hybridized carbons (Fsp3) is 0.444. The van der Waals surface area contributed by atoms with E-state index < -0.39 is 0 Å². The van der Waals surface area contributed by atoms with Gasteiger partial charge in [-0.1, -0.05) is 35.5 Å². The van der Waals surface area contributed by atoms with Crippen LogP contribution in [0.3, 0.4) is 0 Å².